The Morgan fingerprint density at radius 2 is 1.74 bits per heavy atom. The van der Waals surface area contributed by atoms with E-state index in [2.05, 4.69) is 129 Å². The van der Waals surface area contributed by atoms with Crippen LogP contribution in [-0.2, 0) is 15.4 Å². The topological polar surface area (TPSA) is 93.0 Å². The number of fused-ring (bicyclic) bond motifs is 2. The van der Waals surface area contributed by atoms with Crippen LogP contribution in [-0.4, -0.2) is 48.2 Å². The number of likely N-dealkylation sites (tertiary alicyclic amines) is 1. The molecule has 0 saturated carbocycles. The highest BCUT2D eigenvalue weighted by atomic mass is 28.3. The van der Waals surface area contributed by atoms with Crippen molar-refractivity contribution in [3.05, 3.63) is 88.9 Å². The number of rotatable bonds is 8. The summed E-state index contributed by atoms with van der Waals surface area (Å²) in [4.78, 5) is 16.2. The van der Waals surface area contributed by atoms with Crippen LogP contribution in [0.4, 0.5) is 10.5 Å². The molecular weight excluding hydrogens is 641 g/mol. The molecule has 9 nitrogen and oxygen atoms in total. The van der Waals surface area contributed by atoms with Crippen LogP contribution in [0, 0.1) is 5.41 Å². The van der Waals surface area contributed by atoms with Gasteiger partial charge >= 0.3 is 6.03 Å². The number of hydrogen-bond acceptors (Lipinski definition) is 6. The number of carbonyl (C=O) groups excluding carboxylic acids is 1. The van der Waals surface area contributed by atoms with Crippen molar-refractivity contribution in [2.75, 3.05) is 18.9 Å². The fourth-order valence-corrected chi connectivity index (χ4v) is 8.45. The first kappa shape index (κ1) is 36.1. The summed E-state index contributed by atoms with van der Waals surface area (Å²) in [5.74, 6) is 1.72. The van der Waals surface area contributed by atoms with Crippen molar-refractivity contribution in [1.82, 2.24) is 24.8 Å². The molecule has 0 bridgehead atoms. The van der Waals surface area contributed by atoms with Crippen molar-refractivity contribution in [1.29, 1.82) is 0 Å². The zero-order valence-corrected chi connectivity index (χ0v) is 32.6. The Morgan fingerprint density at radius 1 is 1.00 bits per heavy atom. The molecule has 3 heterocycles. The fraction of sp³-hybridized carbons (Fsp3) is 0.525. The van der Waals surface area contributed by atoms with E-state index in [0.29, 0.717) is 0 Å². The van der Waals surface area contributed by atoms with Crippen molar-refractivity contribution in [3.63, 3.8) is 0 Å². The second-order valence-corrected chi connectivity index (χ2v) is 18.8. The summed E-state index contributed by atoms with van der Waals surface area (Å²) in [5, 5.41) is 15.7. The lowest BCUT2D eigenvalue weighted by Crippen LogP contribution is -2.37. The standard InChI is InChI=1S/C40H55N6O3Si/c1-38(2,3)26-16-18-30(35(39(4,5)6)49-50(9)10)32(24-26)42-37(47)41-31-19-20-33(29-15-12-11-14-28(29)31)48-27-17-21-34-43-44-36(46(34)25-27)40(7)22-13-23-45(40)8/h11-12,14-18,21,24-25,31,33,35H,13,19-20,22-23H2,1-10H3,(H2,41,42,47)/t31-,33+,35?,40-/m0/s1. The van der Waals surface area contributed by atoms with Gasteiger partial charge in [-0.15, -0.1) is 10.2 Å². The molecule has 10 heteroatoms. The molecule has 1 unspecified atom stereocenters. The van der Waals surface area contributed by atoms with Crippen molar-refractivity contribution in [2.24, 2.45) is 5.41 Å². The SMILES string of the molecule is CN1CCC[C@@]1(C)c1nnc2ccc(O[C@@H]3CC[C@H](NC(=O)Nc4cc(C(C)(C)C)ccc4C(O[Si](C)C)C(C)(C)C)c4ccccc43)cn12. The van der Waals surface area contributed by atoms with Crippen molar-refractivity contribution < 1.29 is 14.0 Å². The fourth-order valence-electron chi connectivity index (χ4n) is 7.49. The third-order valence-corrected chi connectivity index (χ3v) is 11.2. The van der Waals surface area contributed by atoms with Gasteiger partial charge in [-0.1, -0.05) is 77.9 Å². The van der Waals surface area contributed by atoms with Gasteiger partial charge in [-0.05, 0) is 105 Å². The second-order valence-electron chi connectivity index (χ2n) is 16.7. The Kier molecular flexibility index (Phi) is 9.93. The summed E-state index contributed by atoms with van der Waals surface area (Å²) in [6.07, 6.45) is 5.42. The molecule has 0 spiro atoms. The molecule has 1 radical (unpaired) electrons. The van der Waals surface area contributed by atoms with Crippen LogP contribution < -0.4 is 15.4 Å². The summed E-state index contributed by atoms with van der Waals surface area (Å²) < 4.78 is 15.4. The van der Waals surface area contributed by atoms with Crippen molar-refractivity contribution in [3.8, 4) is 5.75 Å². The Labute approximate surface area is 299 Å². The molecule has 6 rings (SSSR count). The Morgan fingerprint density at radius 3 is 2.40 bits per heavy atom. The van der Waals surface area contributed by atoms with Gasteiger partial charge in [-0.25, -0.2) is 4.79 Å². The van der Waals surface area contributed by atoms with E-state index in [4.69, 9.17) is 9.16 Å². The van der Waals surface area contributed by atoms with Gasteiger partial charge in [0.2, 0.25) is 9.04 Å². The van der Waals surface area contributed by atoms with Gasteiger partial charge in [0.15, 0.2) is 11.5 Å². The summed E-state index contributed by atoms with van der Waals surface area (Å²) >= 11 is 0. The maximum atomic E-state index is 13.9. The van der Waals surface area contributed by atoms with E-state index in [9.17, 15) is 4.79 Å². The first-order valence-corrected chi connectivity index (χ1v) is 20.5. The van der Waals surface area contributed by atoms with E-state index in [1.807, 2.05) is 30.5 Å². The Hall–Kier alpha value is -3.73. The highest BCUT2D eigenvalue weighted by molar-refractivity contribution is 6.48. The minimum absolute atomic E-state index is 0.0728. The Balaban J connectivity index is 1.23. The van der Waals surface area contributed by atoms with Crippen LogP contribution in [0.3, 0.4) is 0 Å². The molecule has 267 valence electrons. The summed E-state index contributed by atoms with van der Waals surface area (Å²) in [6, 6.07) is 18.3. The molecule has 4 aromatic rings. The quantitative estimate of drug-likeness (QED) is 0.179. The zero-order chi connectivity index (χ0) is 36.0. The minimum atomic E-state index is -0.997. The molecule has 2 aliphatic rings. The highest BCUT2D eigenvalue weighted by Crippen LogP contribution is 2.43. The predicted molar refractivity (Wildman–Crippen MR) is 202 cm³/mol. The number of benzene rings is 2. The van der Waals surface area contributed by atoms with Gasteiger partial charge in [-0.2, -0.15) is 0 Å². The Bertz CT molecular complexity index is 1840. The van der Waals surface area contributed by atoms with E-state index in [1.54, 1.807) is 0 Å². The number of urea groups is 1. The smallest absolute Gasteiger partial charge is 0.319 e. The molecular formula is C40H55N6O3Si. The number of ether oxygens (including phenoxy) is 1. The van der Waals surface area contributed by atoms with Crippen LogP contribution in [0.15, 0.2) is 60.8 Å². The number of amides is 2. The predicted octanol–water partition coefficient (Wildman–Crippen LogP) is 9.10. The largest absolute Gasteiger partial charge is 0.484 e. The first-order valence-electron chi connectivity index (χ1n) is 18.1. The lowest BCUT2D eigenvalue weighted by Gasteiger charge is -2.35. The molecule has 50 heavy (non-hydrogen) atoms. The van der Waals surface area contributed by atoms with Crippen LogP contribution >= 0.6 is 0 Å². The average molecular weight is 696 g/mol. The molecule has 4 atom stereocenters. The first-order chi connectivity index (χ1) is 23.5. The van der Waals surface area contributed by atoms with Gasteiger partial charge in [0, 0.05) is 11.3 Å². The van der Waals surface area contributed by atoms with Gasteiger partial charge < -0.3 is 19.8 Å². The molecule has 2 N–H and O–H groups in total. The number of carbonyl (C=O) groups is 1. The average Bonchev–Trinajstić information content (AvgIpc) is 3.63. The lowest BCUT2D eigenvalue weighted by molar-refractivity contribution is 0.0872. The molecule has 1 aliphatic heterocycles. The number of nitrogens with zero attached hydrogens (tertiary/aromatic N) is 4. The molecule has 2 aromatic heterocycles. The van der Waals surface area contributed by atoms with E-state index in [-0.39, 0.29) is 40.6 Å². The number of pyridine rings is 1. The second kappa shape index (κ2) is 13.8. The van der Waals surface area contributed by atoms with Crippen molar-refractivity contribution in [2.45, 2.75) is 116 Å². The zero-order valence-electron chi connectivity index (χ0n) is 31.6. The monoisotopic (exact) mass is 695 g/mol. The lowest BCUT2D eigenvalue weighted by atomic mass is 9.81. The van der Waals surface area contributed by atoms with Crippen LogP contribution in [0.25, 0.3) is 5.65 Å². The minimum Gasteiger partial charge on any atom is -0.484 e. The molecule has 2 aromatic carbocycles. The third kappa shape index (κ3) is 7.34. The number of nitrogens with one attached hydrogen (secondary N) is 2. The van der Waals surface area contributed by atoms with Gasteiger partial charge in [0.25, 0.3) is 0 Å². The number of hydrogen-bond donors (Lipinski definition) is 2. The summed E-state index contributed by atoms with van der Waals surface area (Å²) in [7, 11) is 1.16. The maximum Gasteiger partial charge on any atom is 0.319 e. The van der Waals surface area contributed by atoms with E-state index in [1.165, 1.54) is 0 Å². The van der Waals surface area contributed by atoms with Crippen LogP contribution in [0.2, 0.25) is 13.1 Å². The van der Waals surface area contributed by atoms with Crippen LogP contribution in [0.5, 0.6) is 5.75 Å². The number of anilines is 1. The number of aromatic nitrogens is 3. The normalized spacial score (nSPS) is 22.1. The summed E-state index contributed by atoms with van der Waals surface area (Å²) in [5.41, 5.74) is 5.55. The maximum absolute atomic E-state index is 13.9. The molecule has 1 fully saturated rings. The van der Waals surface area contributed by atoms with E-state index >= 15 is 0 Å². The molecule has 1 saturated heterocycles. The molecule has 2 amide bonds. The van der Waals surface area contributed by atoms with Gasteiger partial charge in [0.05, 0.1) is 23.9 Å². The highest BCUT2D eigenvalue weighted by Gasteiger charge is 2.40. The van der Waals surface area contributed by atoms with Crippen LogP contribution in [0.1, 0.15) is 120 Å². The van der Waals surface area contributed by atoms with E-state index < -0.39 is 9.04 Å². The van der Waals surface area contributed by atoms with E-state index in [0.717, 1.165) is 77.4 Å². The summed E-state index contributed by atoms with van der Waals surface area (Å²) in [6.45, 7) is 20.8. The third-order valence-electron chi connectivity index (χ3n) is 10.5. The van der Waals surface area contributed by atoms with Crippen molar-refractivity contribution >= 4 is 26.4 Å². The molecule has 1 aliphatic carbocycles. The van der Waals surface area contributed by atoms with Gasteiger partial charge in [0.1, 0.15) is 11.9 Å². The van der Waals surface area contributed by atoms with Gasteiger partial charge in [-0.3, -0.25) is 9.30 Å².